The second-order valence-corrected chi connectivity index (χ2v) is 7.53. The molecule has 10 heteroatoms. The van der Waals surface area contributed by atoms with Crippen molar-refractivity contribution in [3.63, 3.8) is 0 Å². The summed E-state index contributed by atoms with van der Waals surface area (Å²) in [5.41, 5.74) is 0. The first kappa shape index (κ1) is 27.1. The van der Waals surface area contributed by atoms with E-state index in [9.17, 15) is 15.0 Å². The van der Waals surface area contributed by atoms with Gasteiger partial charge >= 0.3 is 0 Å². The second kappa shape index (κ2) is 15.1. The Balaban J connectivity index is 4.23. The number of aliphatic hydroxyl groups excluding tert-OH is 3. The van der Waals surface area contributed by atoms with Gasteiger partial charge in [0, 0.05) is 25.2 Å². The Labute approximate surface area is 168 Å². The van der Waals surface area contributed by atoms with Crippen LogP contribution in [0.25, 0.3) is 0 Å². The monoisotopic (exact) mass is 407 g/mol. The lowest BCUT2D eigenvalue weighted by molar-refractivity contribution is -0.125. The Hall–Kier alpha value is -0.850. The number of hydrogen-bond acceptors (Lipinski definition) is 9. The second-order valence-electron chi connectivity index (χ2n) is 7.53. The van der Waals surface area contributed by atoms with Gasteiger partial charge in [-0.25, -0.2) is 0 Å². The average molecular weight is 408 g/mol. The van der Waals surface area contributed by atoms with Crippen molar-refractivity contribution in [1.82, 2.24) is 26.6 Å². The summed E-state index contributed by atoms with van der Waals surface area (Å²) >= 11 is 0. The Bertz CT molecular complexity index is 414. The molecule has 0 saturated carbocycles. The molecule has 0 aliphatic heterocycles. The molecule has 0 rings (SSSR count). The molecule has 0 aromatic carbocycles. The van der Waals surface area contributed by atoms with Crippen LogP contribution >= 0.6 is 0 Å². The molecule has 0 heterocycles. The van der Waals surface area contributed by atoms with Crippen LogP contribution in [0.4, 0.5) is 0 Å². The van der Waals surface area contributed by atoms with Crippen molar-refractivity contribution in [2.24, 2.45) is 5.92 Å². The average Bonchev–Trinajstić information content (AvgIpc) is 2.62. The van der Waals surface area contributed by atoms with E-state index in [-0.39, 0.29) is 37.0 Å². The maximum Gasteiger partial charge on any atom is 0.234 e. The summed E-state index contributed by atoms with van der Waals surface area (Å²) in [6.07, 6.45) is -2.26. The third kappa shape index (κ3) is 12.6. The predicted molar refractivity (Wildman–Crippen MR) is 108 cm³/mol. The first-order chi connectivity index (χ1) is 13.1. The lowest BCUT2D eigenvalue weighted by atomic mass is 10.0. The number of aliphatic hydroxyl groups is 4. The summed E-state index contributed by atoms with van der Waals surface area (Å²) in [5.74, 6) is -0.152. The van der Waals surface area contributed by atoms with Gasteiger partial charge in [-0.15, -0.1) is 0 Å². The quantitative estimate of drug-likeness (QED) is 0.127. The minimum absolute atomic E-state index is 0.0234. The number of rotatable bonds is 16. The topological polar surface area (TPSA) is 158 Å². The summed E-state index contributed by atoms with van der Waals surface area (Å²) in [5, 5.41) is 52.8. The van der Waals surface area contributed by atoms with Crippen molar-refractivity contribution >= 4 is 5.91 Å². The summed E-state index contributed by atoms with van der Waals surface area (Å²) in [7, 11) is 0. The first-order valence-corrected chi connectivity index (χ1v) is 10.0. The number of carbonyl (C=O) groups excluding carboxylic acids is 1. The number of nitrogens with one attached hydrogen (secondary N) is 5. The molecule has 168 valence electrons. The van der Waals surface area contributed by atoms with Gasteiger partial charge in [0.2, 0.25) is 5.91 Å². The zero-order valence-corrected chi connectivity index (χ0v) is 17.8. The molecule has 0 aromatic heterocycles. The fourth-order valence-corrected chi connectivity index (χ4v) is 2.41. The molecule has 0 aliphatic rings. The van der Waals surface area contributed by atoms with E-state index in [1.165, 1.54) is 6.92 Å². The summed E-state index contributed by atoms with van der Waals surface area (Å²) in [4.78, 5) is 11.7. The molecule has 5 unspecified atom stereocenters. The van der Waals surface area contributed by atoms with Gasteiger partial charge in [-0.2, -0.15) is 0 Å². The molecule has 0 aliphatic carbocycles. The third-order valence-electron chi connectivity index (χ3n) is 4.41. The van der Waals surface area contributed by atoms with E-state index in [4.69, 9.17) is 10.2 Å². The highest BCUT2D eigenvalue weighted by Crippen LogP contribution is 2.01. The molecule has 0 fully saturated rings. The summed E-state index contributed by atoms with van der Waals surface area (Å²) in [6.45, 7) is 10.9. The van der Waals surface area contributed by atoms with Gasteiger partial charge in [0.25, 0.3) is 0 Å². The van der Waals surface area contributed by atoms with Crippen LogP contribution in [-0.4, -0.2) is 89.4 Å². The van der Waals surface area contributed by atoms with Gasteiger partial charge < -0.3 is 36.4 Å². The van der Waals surface area contributed by atoms with Gasteiger partial charge in [0.1, 0.15) is 12.5 Å². The standard InChI is InChI=1S/C18H41N5O5/c1-6-7-20-12(4)17(26)21-10-16(25)23-14(11(2)3)8-19-9-15(24)22-13(5)18(27)28/h11-14,16-21,23,25-28H,6-10H2,1-5H3,(H,22,24). The number of amides is 1. The van der Waals surface area contributed by atoms with E-state index < -0.39 is 24.8 Å². The lowest BCUT2D eigenvalue weighted by Gasteiger charge is -2.28. The fourth-order valence-electron chi connectivity index (χ4n) is 2.41. The van der Waals surface area contributed by atoms with Crippen molar-refractivity contribution in [3.05, 3.63) is 0 Å². The maximum absolute atomic E-state index is 11.7. The molecule has 0 saturated heterocycles. The predicted octanol–water partition coefficient (Wildman–Crippen LogP) is -2.38. The molecule has 0 bridgehead atoms. The Kier molecular flexibility index (Phi) is 14.6. The van der Waals surface area contributed by atoms with Crippen molar-refractivity contribution in [1.29, 1.82) is 0 Å². The van der Waals surface area contributed by atoms with Crippen LogP contribution < -0.4 is 26.6 Å². The van der Waals surface area contributed by atoms with Crippen LogP contribution in [0, 0.1) is 5.92 Å². The van der Waals surface area contributed by atoms with E-state index >= 15 is 0 Å². The molecule has 10 nitrogen and oxygen atoms in total. The minimum atomic E-state index is -1.60. The van der Waals surface area contributed by atoms with E-state index in [0.29, 0.717) is 6.54 Å². The Morgan fingerprint density at radius 2 is 1.57 bits per heavy atom. The van der Waals surface area contributed by atoms with Crippen LogP contribution in [0.2, 0.25) is 0 Å². The summed E-state index contributed by atoms with van der Waals surface area (Å²) < 4.78 is 0. The van der Waals surface area contributed by atoms with E-state index in [2.05, 4.69) is 26.6 Å². The molecule has 0 spiro atoms. The zero-order chi connectivity index (χ0) is 21.7. The molecular weight excluding hydrogens is 366 g/mol. The van der Waals surface area contributed by atoms with E-state index in [1.807, 2.05) is 27.7 Å². The Morgan fingerprint density at radius 1 is 0.929 bits per heavy atom. The van der Waals surface area contributed by atoms with Crippen LogP contribution in [0.3, 0.4) is 0 Å². The SMILES string of the molecule is CCCNC(C)C(O)NCC(O)NC(CNCC(=O)NC(C)C(O)O)C(C)C. The van der Waals surface area contributed by atoms with Crippen LogP contribution in [0.15, 0.2) is 0 Å². The largest absolute Gasteiger partial charge is 0.377 e. The molecule has 9 N–H and O–H groups in total. The first-order valence-electron chi connectivity index (χ1n) is 10.0. The molecule has 0 aromatic rings. The van der Waals surface area contributed by atoms with Crippen molar-refractivity contribution < 1.29 is 25.2 Å². The zero-order valence-electron chi connectivity index (χ0n) is 17.8. The van der Waals surface area contributed by atoms with E-state index in [0.717, 1.165) is 13.0 Å². The molecular formula is C18H41N5O5. The fraction of sp³-hybridized carbons (Fsp3) is 0.944. The van der Waals surface area contributed by atoms with Gasteiger partial charge in [-0.1, -0.05) is 20.8 Å². The smallest absolute Gasteiger partial charge is 0.234 e. The number of carbonyl (C=O) groups is 1. The molecule has 28 heavy (non-hydrogen) atoms. The Morgan fingerprint density at radius 3 is 2.11 bits per heavy atom. The summed E-state index contributed by atoms with van der Waals surface area (Å²) in [6, 6.07) is -0.979. The number of hydrogen-bond donors (Lipinski definition) is 9. The van der Waals surface area contributed by atoms with Crippen LogP contribution in [-0.2, 0) is 4.79 Å². The highest BCUT2D eigenvalue weighted by atomic mass is 16.5. The minimum Gasteiger partial charge on any atom is -0.377 e. The van der Waals surface area contributed by atoms with Crippen LogP contribution in [0.5, 0.6) is 0 Å². The van der Waals surface area contributed by atoms with Gasteiger partial charge in [-0.05, 0) is 32.7 Å². The highest BCUT2D eigenvalue weighted by molar-refractivity contribution is 5.78. The molecule has 1 amide bonds. The van der Waals surface area contributed by atoms with Gasteiger partial charge in [-0.3, -0.25) is 15.4 Å². The normalized spacial score (nSPS) is 17.4. The van der Waals surface area contributed by atoms with E-state index in [1.54, 1.807) is 0 Å². The third-order valence-corrected chi connectivity index (χ3v) is 4.41. The maximum atomic E-state index is 11.7. The van der Waals surface area contributed by atoms with Crippen molar-refractivity contribution in [2.75, 3.05) is 26.2 Å². The highest BCUT2D eigenvalue weighted by Gasteiger charge is 2.19. The van der Waals surface area contributed by atoms with Crippen LogP contribution in [0.1, 0.15) is 41.0 Å². The molecule has 0 radical (unpaired) electrons. The van der Waals surface area contributed by atoms with Gasteiger partial charge in [0.15, 0.2) is 6.29 Å². The van der Waals surface area contributed by atoms with Gasteiger partial charge in [0.05, 0.1) is 12.6 Å². The molecule has 5 atom stereocenters. The van der Waals surface area contributed by atoms with Crippen molar-refractivity contribution in [3.8, 4) is 0 Å². The van der Waals surface area contributed by atoms with Crippen molar-refractivity contribution in [2.45, 2.75) is 77.9 Å². The lowest BCUT2D eigenvalue weighted by Crippen LogP contribution is -2.54.